The molecule has 1 aliphatic heterocycles. The van der Waals surface area contributed by atoms with Gasteiger partial charge in [0.25, 0.3) is 11.1 Å². The second-order valence-electron chi connectivity index (χ2n) is 6.12. The molecule has 1 heterocycles. The highest BCUT2D eigenvalue weighted by Crippen LogP contribution is 2.35. The zero-order valence-corrected chi connectivity index (χ0v) is 17.0. The number of amides is 2. The van der Waals surface area contributed by atoms with Crippen LogP contribution in [0.2, 0.25) is 0 Å². The van der Waals surface area contributed by atoms with Crippen molar-refractivity contribution in [1.29, 1.82) is 0 Å². The van der Waals surface area contributed by atoms with Crippen LogP contribution in [0.15, 0.2) is 53.4 Å². The highest BCUT2D eigenvalue weighted by molar-refractivity contribution is 8.18. The first-order valence-electron chi connectivity index (χ1n) is 9.26. The van der Waals surface area contributed by atoms with Gasteiger partial charge in [-0.05, 0) is 43.8 Å². The molecule has 1 fully saturated rings. The molecule has 0 saturated carbocycles. The molecule has 0 atom stereocenters. The maximum absolute atomic E-state index is 12.7. The molecule has 0 spiro atoms. The first-order valence-corrected chi connectivity index (χ1v) is 10.1. The van der Waals surface area contributed by atoms with Crippen molar-refractivity contribution < 1.29 is 23.9 Å². The van der Waals surface area contributed by atoms with Crippen LogP contribution in [0.1, 0.15) is 29.8 Å². The number of carbonyl (C=O) groups is 3. The average Bonchev–Trinajstić information content (AvgIpc) is 2.98. The van der Waals surface area contributed by atoms with Crippen molar-refractivity contribution in [2.75, 3.05) is 19.8 Å². The van der Waals surface area contributed by atoms with Crippen LogP contribution in [0.25, 0.3) is 6.08 Å². The van der Waals surface area contributed by atoms with E-state index in [9.17, 15) is 14.4 Å². The third-order valence-electron chi connectivity index (χ3n) is 4.15. The highest BCUT2D eigenvalue weighted by Gasteiger charge is 2.36. The Morgan fingerprint density at radius 3 is 2.45 bits per heavy atom. The van der Waals surface area contributed by atoms with Crippen molar-refractivity contribution in [3.05, 3.63) is 64.6 Å². The Balaban J connectivity index is 1.81. The van der Waals surface area contributed by atoms with Gasteiger partial charge in [0, 0.05) is 17.2 Å². The number of benzene rings is 2. The van der Waals surface area contributed by atoms with Gasteiger partial charge in [0.05, 0.1) is 24.7 Å². The lowest BCUT2D eigenvalue weighted by Gasteiger charge is -2.12. The van der Waals surface area contributed by atoms with Crippen LogP contribution in [0.3, 0.4) is 0 Å². The van der Waals surface area contributed by atoms with E-state index < -0.39 is 11.1 Å². The molecule has 2 amide bonds. The molecule has 0 N–H and O–H groups in total. The van der Waals surface area contributed by atoms with Gasteiger partial charge in [0.1, 0.15) is 11.5 Å². The summed E-state index contributed by atoms with van der Waals surface area (Å²) in [5.41, 5.74) is 1.12. The molecule has 150 valence electrons. The number of hydrogen-bond acceptors (Lipinski definition) is 6. The fourth-order valence-corrected chi connectivity index (χ4v) is 3.64. The largest absolute Gasteiger partial charge is 0.494 e. The van der Waals surface area contributed by atoms with E-state index in [-0.39, 0.29) is 17.2 Å². The van der Waals surface area contributed by atoms with Crippen molar-refractivity contribution in [3.63, 3.8) is 0 Å². The van der Waals surface area contributed by atoms with Crippen LogP contribution >= 0.6 is 11.8 Å². The van der Waals surface area contributed by atoms with Crippen LogP contribution in [0, 0.1) is 0 Å². The summed E-state index contributed by atoms with van der Waals surface area (Å²) in [6, 6.07) is 13.9. The number of thioether (sulfide) groups is 1. The van der Waals surface area contributed by atoms with E-state index in [2.05, 4.69) is 0 Å². The minimum absolute atomic E-state index is 0.251. The first-order chi connectivity index (χ1) is 14.0. The van der Waals surface area contributed by atoms with Crippen LogP contribution in [-0.4, -0.2) is 41.6 Å². The second kappa shape index (κ2) is 9.43. The molecule has 0 aromatic heterocycles. The van der Waals surface area contributed by atoms with E-state index in [1.165, 1.54) is 0 Å². The summed E-state index contributed by atoms with van der Waals surface area (Å²) in [6.07, 6.45) is 1.61. The Bertz CT molecular complexity index is 955. The number of carbonyl (C=O) groups excluding carboxylic acids is 3. The van der Waals surface area contributed by atoms with Crippen molar-refractivity contribution >= 4 is 34.8 Å². The lowest BCUT2D eigenvalue weighted by Crippen LogP contribution is -2.33. The Hall–Kier alpha value is -3.06. The summed E-state index contributed by atoms with van der Waals surface area (Å²) in [5.74, 6) is 0.450. The van der Waals surface area contributed by atoms with E-state index in [1.54, 1.807) is 54.6 Å². The minimum Gasteiger partial charge on any atom is -0.494 e. The van der Waals surface area contributed by atoms with E-state index >= 15 is 0 Å². The van der Waals surface area contributed by atoms with Gasteiger partial charge in [-0.15, -0.1) is 0 Å². The van der Waals surface area contributed by atoms with Crippen molar-refractivity contribution in [3.8, 4) is 11.5 Å². The summed E-state index contributed by atoms with van der Waals surface area (Å²) >= 11 is 0.815. The second-order valence-corrected chi connectivity index (χ2v) is 7.12. The van der Waals surface area contributed by atoms with Gasteiger partial charge < -0.3 is 9.47 Å². The molecule has 0 bridgehead atoms. The topological polar surface area (TPSA) is 72.9 Å². The summed E-state index contributed by atoms with van der Waals surface area (Å²) in [6.45, 7) is 4.44. The number of ketones is 1. The molecule has 7 heteroatoms. The number of hydrogen-bond donors (Lipinski definition) is 0. The molecule has 0 radical (unpaired) electrons. The quantitative estimate of drug-likeness (QED) is 0.473. The third kappa shape index (κ3) is 4.86. The van der Waals surface area contributed by atoms with Crippen molar-refractivity contribution in [1.82, 2.24) is 4.90 Å². The van der Waals surface area contributed by atoms with Gasteiger partial charge in [0.2, 0.25) is 0 Å². The molecular formula is C22H21NO5S. The molecule has 1 aliphatic rings. The van der Waals surface area contributed by atoms with Crippen LogP contribution in [-0.2, 0) is 4.79 Å². The number of ether oxygens (including phenoxy) is 2. The van der Waals surface area contributed by atoms with Gasteiger partial charge in [-0.25, -0.2) is 0 Å². The fraction of sp³-hybridized carbons (Fsp3) is 0.227. The Morgan fingerprint density at radius 2 is 1.76 bits per heavy atom. The molecule has 3 rings (SSSR count). The van der Waals surface area contributed by atoms with Gasteiger partial charge in [-0.2, -0.15) is 0 Å². The number of Topliss-reactive ketones (excluding diaryl/α,β-unsaturated/α-hetero) is 1. The van der Waals surface area contributed by atoms with E-state index in [0.29, 0.717) is 35.8 Å². The van der Waals surface area contributed by atoms with Crippen LogP contribution in [0.4, 0.5) is 4.79 Å². The highest BCUT2D eigenvalue weighted by atomic mass is 32.2. The monoisotopic (exact) mass is 411 g/mol. The van der Waals surface area contributed by atoms with Gasteiger partial charge >= 0.3 is 0 Å². The lowest BCUT2D eigenvalue weighted by atomic mass is 10.1. The molecule has 0 aliphatic carbocycles. The zero-order valence-electron chi connectivity index (χ0n) is 16.2. The molecule has 2 aromatic rings. The molecule has 6 nitrogen and oxygen atoms in total. The molecule has 29 heavy (non-hydrogen) atoms. The Labute approximate surface area is 173 Å². The smallest absolute Gasteiger partial charge is 0.293 e. The summed E-state index contributed by atoms with van der Waals surface area (Å²) in [5, 5.41) is -0.463. The van der Waals surface area contributed by atoms with Gasteiger partial charge in [0.15, 0.2) is 5.78 Å². The summed E-state index contributed by atoms with van der Waals surface area (Å²) < 4.78 is 11.1. The fourth-order valence-electron chi connectivity index (χ4n) is 2.81. The predicted molar refractivity (Wildman–Crippen MR) is 112 cm³/mol. The standard InChI is InChI=1S/C22H21NO5S/c1-3-27-17-11-10-16(19(13-17)28-4-2)12-20-21(25)23(22(26)29-20)14-18(24)15-8-6-5-7-9-15/h5-13H,3-4,14H2,1-2H3/b20-12+. The number of imide groups is 1. The Morgan fingerprint density at radius 1 is 1.03 bits per heavy atom. The average molecular weight is 411 g/mol. The minimum atomic E-state index is -0.486. The van der Waals surface area contributed by atoms with E-state index in [1.807, 2.05) is 13.8 Å². The number of rotatable bonds is 8. The van der Waals surface area contributed by atoms with Crippen LogP contribution < -0.4 is 9.47 Å². The molecule has 1 saturated heterocycles. The summed E-state index contributed by atoms with van der Waals surface area (Å²) in [4.78, 5) is 38.7. The SMILES string of the molecule is CCOc1ccc(/C=C2/SC(=O)N(CC(=O)c3ccccc3)C2=O)c(OCC)c1. The maximum atomic E-state index is 12.7. The van der Waals surface area contributed by atoms with Crippen molar-refractivity contribution in [2.24, 2.45) is 0 Å². The maximum Gasteiger partial charge on any atom is 0.293 e. The van der Waals surface area contributed by atoms with Gasteiger partial charge in [-0.3, -0.25) is 19.3 Å². The molecule has 0 unspecified atom stereocenters. The van der Waals surface area contributed by atoms with E-state index in [4.69, 9.17) is 9.47 Å². The lowest BCUT2D eigenvalue weighted by molar-refractivity contribution is -0.122. The zero-order chi connectivity index (χ0) is 20.8. The number of nitrogens with zero attached hydrogens (tertiary/aromatic N) is 1. The Kier molecular flexibility index (Phi) is 6.72. The first kappa shape index (κ1) is 20.7. The van der Waals surface area contributed by atoms with Crippen molar-refractivity contribution in [2.45, 2.75) is 13.8 Å². The predicted octanol–water partition coefficient (Wildman–Crippen LogP) is 4.40. The van der Waals surface area contributed by atoms with E-state index in [0.717, 1.165) is 16.7 Å². The van der Waals surface area contributed by atoms with Crippen LogP contribution in [0.5, 0.6) is 11.5 Å². The molecule has 2 aromatic carbocycles. The third-order valence-corrected chi connectivity index (χ3v) is 5.06. The normalized spacial score (nSPS) is 15.1. The molecular weight excluding hydrogens is 390 g/mol. The summed E-state index contributed by atoms with van der Waals surface area (Å²) in [7, 11) is 0. The van der Waals surface area contributed by atoms with Gasteiger partial charge in [-0.1, -0.05) is 30.3 Å².